The van der Waals surface area contributed by atoms with Crippen molar-refractivity contribution < 1.29 is 14.3 Å². The number of hydrogen-bond donors (Lipinski definition) is 0. The normalized spacial score (nSPS) is 10.3. The molecule has 0 unspecified atom stereocenters. The molecule has 1 heterocycles. The Labute approximate surface area is 111 Å². The van der Waals surface area contributed by atoms with Crippen LogP contribution in [-0.4, -0.2) is 29.2 Å². The van der Waals surface area contributed by atoms with E-state index in [1.165, 1.54) is 6.20 Å². The van der Waals surface area contributed by atoms with Crippen LogP contribution in [0.5, 0.6) is 5.75 Å². The lowest BCUT2D eigenvalue weighted by Gasteiger charge is -2.10. The van der Waals surface area contributed by atoms with E-state index in [9.17, 15) is 4.79 Å². The number of esters is 1. The van der Waals surface area contributed by atoms with E-state index < -0.39 is 0 Å². The lowest BCUT2D eigenvalue weighted by molar-refractivity contribution is 0.0517. The van der Waals surface area contributed by atoms with Crippen molar-refractivity contribution in [2.24, 2.45) is 0 Å². The maximum atomic E-state index is 11.8. The summed E-state index contributed by atoms with van der Waals surface area (Å²) in [5.74, 6) is 0.426. The standard InChI is InChI=1S/C14H16N2O3/c1-4-19-14(17)12-8-15-9-16(12)11-5-6-13(18-3)10(2)7-11/h5-9H,4H2,1-3H3. The number of aryl methyl sites for hydroxylation is 1. The van der Waals surface area contributed by atoms with Crippen molar-refractivity contribution in [2.75, 3.05) is 13.7 Å². The molecule has 0 N–H and O–H groups in total. The van der Waals surface area contributed by atoms with E-state index in [1.807, 2.05) is 25.1 Å². The van der Waals surface area contributed by atoms with E-state index >= 15 is 0 Å². The topological polar surface area (TPSA) is 53.3 Å². The average Bonchev–Trinajstić information content (AvgIpc) is 2.88. The number of ether oxygens (including phenoxy) is 2. The molecule has 0 saturated heterocycles. The number of methoxy groups -OCH3 is 1. The van der Waals surface area contributed by atoms with Crippen LogP contribution >= 0.6 is 0 Å². The summed E-state index contributed by atoms with van der Waals surface area (Å²) in [7, 11) is 1.63. The fraction of sp³-hybridized carbons (Fsp3) is 0.286. The van der Waals surface area contributed by atoms with Crippen molar-refractivity contribution in [3.8, 4) is 11.4 Å². The van der Waals surface area contributed by atoms with Crippen LogP contribution in [-0.2, 0) is 4.74 Å². The predicted octanol–water partition coefficient (Wildman–Crippen LogP) is 2.37. The van der Waals surface area contributed by atoms with Gasteiger partial charge in [-0.05, 0) is 37.6 Å². The van der Waals surface area contributed by atoms with E-state index in [-0.39, 0.29) is 5.97 Å². The number of carbonyl (C=O) groups is 1. The van der Waals surface area contributed by atoms with Crippen LogP contribution < -0.4 is 4.74 Å². The second-order valence-corrected chi connectivity index (χ2v) is 4.02. The van der Waals surface area contributed by atoms with Gasteiger partial charge in [0.2, 0.25) is 0 Å². The van der Waals surface area contributed by atoms with Crippen molar-refractivity contribution >= 4 is 5.97 Å². The number of rotatable bonds is 4. The van der Waals surface area contributed by atoms with E-state index in [0.717, 1.165) is 17.0 Å². The Balaban J connectivity index is 2.40. The zero-order valence-corrected chi connectivity index (χ0v) is 11.2. The van der Waals surface area contributed by atoms with Gasteiger partial charge in [0.25, 0.3) is 0 Å². The highest BCUT2D eigenvalue weighted by molar-refractivity contribution is 5.88. The van der Waals surface area contributed by atoms with Crippen LogP contribution in [0, 0.1) is 6.92 Å². The molecule has 0 amide bonds. The zero-order valence-electron chi connectivity index (χ0n) is 11.2. The summed E-state index contributed by atoms with van der Waals surface area (Å²) in [6.45, 7) is 4.06. The molecule has 2 rings (SSSR count). The molecule has 0 aliphatic heterocycles. The van der Waals surface area contributed by atoms with Gasteiger partial charge < -0.3 is 9.47 Å². The molecule has 5 nitrogen and oxygen atoms in total. The Kier molecular flexibility index (Phi) is 3.85. The van der Waals surface area contributed by atoms with Gasteiger partial charge in [0.1, 0.15) is 5.75 Å². The maximum absolute atomic E-state index is 11.8. The van der Waals surface area contributed by atoms with Crippen LogP contribution in [0.2, 0.25) is 0 Å². The highest BCUT2D eigenvalue weighted by Crippen LogP contribution is 2.21. The molecule has 0 aliphatic rings. The van der Waals surface area contributed by atoms with Gasteiger partial charge in [0.15, 0.2) is 5.69 Å². The minimum atomic E-state index is -0.381. The molecule has 0 atom stereocenters. The molecule has 1 aromatic heterocycles. The third kappa shape index (κ3) is 2.59. The van der Waals surface area contributed by atoms with Crippen LogP contribution in [0.3, 0.4) is 0 Å². The number of carbonyl (C=O) groups excluding carboxylic acids is 1. The van der Waals surface area contributed by atoms with Gasteiger partial charge in [-0.3, -0.25) is 4.57 Å². The fourth-order valence-corrected chi connectivity index (χ4v) is 1.87. The summed E-state index contributed by atoms with van der Waals surface area (Å²) < 4.78 is 11.9. The molecule has 0 bridgehead atoms. The number of nitrogens with zero attached hydrogens (tertiary/aromatic N) is 2. The molecule has 0 radical (unpaired) electrons. The zero-order chi connectivity index (χ0) is 13.8. The van der Waals surface area contributed by atoms with Gasteiger partial charge in [-0.1, -0.05) is 0 Å². The monoisotopic (exact) mass is 260 g/mol. The maximum Gasteiger partial charge on any atom is 0.356 e. The van der Waals surface area contributed by atoms with E-state index in [4.69, 9.17) is 9.47 Å². The minimum Gasteiger partial charge on any atom is -0.496 e. The second-order valence-electron chi connectivity index (χ2n) is 4.02. The first-order chi connectivity index (χ1) is 9.17. The van der Waals surface area contributed by atoms with Gasteiger partial charge in [-0.2, -0.15) is 0 Å². The van der Waals surface area contributed by atoms with E-state index in [1.54, 1.807) is 24.9 Å². The Bertz CT molecular complexity index is 590. The molecular formula is C14H16N2O3. The Hall–Kier alpha value is -2.30. The van der Waals surface area contributed by atoms with Gasteiger partial charge in [-0.15, -0.1) is 0 Å². The van der Waals surface area contributed by atoms with Gasteiger partial charge in [0, 0.05) is 5.69 Å². The second kappa shape index (κ2) is 5.56. The summed E-state index contributed by atoms with van der Waals surface area (Å²) >= 11 is 0. The lowest BCUT2D eigenvalue weighted by atomic mass is 10.2. The third-order valence-electron chi connectivity index (χ3n) is 2.78. The van der Waals surface area contributed by atoms with Crippen LogP contribution in [0.25, 0.3) is 5.69 Å². The van der Waals surface area contributed by atoms with Gasteiger partial charge in [-0.25, -0.2) is 9.78 Å². The van der Waals surface area contributed by atoms with Crippen molar-refractivity contribution in [1.29, 1.82) is 0 Å². The highest BCUT2D eigenvalue weighted by Gasteiger charge is 2.14. The quantitative estimate of drug-likeness (QED) is 0.792. The average molecular weight is 260 g/mol. The van der Waals surface area contributed by atoms with Gasteiger partial charge in [0.05, 0.1) is 26.2 Å². The molecule has 0 aliphatic carbocycles. The largest absolute Gasteiger partial charge is 0.496 e. The van der Waals surface area contributed by atoms with Gasteiger partial charge >= 0.3 is 5.97 Å². The summed E-state index contributed by atoms with van der Waals surface area (Å²) in [6.07, 6.45) is 3.09. The van der Waals surface area contributed by atoms with E-state index in [0.29, 0.717) is 12.3 Å². The first-order valence-corrected chi connectivity index (χ1v) is 6.01. The Morgan fingerprint density at radius 3 is 2.84 bits per heavy atom. The number of imidazole rings is 1. The Morgan fingerprint density at radius 2 is 2.21 bits per heavy atom. The molecule has 19 heavy (non-hydrogen) atoms. The van der Waals surface area contributed by atoms with Crippen molar-refractivity contribution in [3.05, 3.63) is 42.0 Å². The molecule has 5 heteroatoms. The first kappa shape index (κ1) is 13.1. The lowest BCUT2D eigenvalue weighted by Crippen LogP contribution is -2.10. The van der Waals surface area contributed by atoms with Crippen molar-refractivity contribution in [1.82, 2.24) is 9.55 Å². The Morgan fingerprint density at radius 1 is 1.42 bits per heavy atom. The summed E-state index contributed by atoms with van der Waals surface area (Å²) in [5, 5.41) is 0. The highest BCUT2D eigenvalue weighted by atomic mass is 16.5. The molecule has 0 fully saturated rings. The predicted molar refractivity (Wildman–Crippen MR) is 70.8 cm³/mol. The van der Waals surface area contributed by atoms with Crippen LogP contribution in [0.4, 0.5) is 0 Å². The molecule has 1 aromatic carbocycles. The molecular weight excluding hydrogens is 244 g/mol. The summed E-state index contributed by atoms with van der Waals surface area (Å²) in [6, 6.07) is 5.67. The SMILES string of the molecule is CCOC(=O)c1cncn1-c1ccc(OC)c(C)c1. The smallest absolute Gasteiger partial charge is 0.356 e. The minimum absolute atomic E-state index is 0.339. The number of aromatic nitrogens is 2. The molecule has 0 spiro atoms. The van der Waals surface area contributed by atoms with E-state index in [2.05, 4.69) is 4.98 Å². The number of benzene rings is 1. The summed E-state index contributed by atoms with van der Waals surface area (Å²) in [5.41, 5.74) is 2.24. The molecule has 0 saturated carbocycles. The van der Waals surface area contributed by atoms with Crippen molar-refractivity contribution in [2.45, 2.75) is 13.8 Å². The molecule has 2 aromatic rings. The molecule has 100 valence electrons. The van der Waals surface area contributed by atoms with Crippen LogP contribution in [0.15, 0.2) is 30.7 Å². The third-order valence-corrected chi connectivity index (χ3v) is 2.78. The van der Waals surface area contributed by atoms with Crippen molar-refractivity contribution in [3.63, 3.8) is 0 Å². The first-order valence-electron chi connectivity index (χ1n) is 6.01. The summed E-state index contributed by atoms with van der Waals surface area (Å²) in [4.78, 5) is 15.8. The van der Waals surface area contributed by atoms with Crippen LogP contribution in [0.1, 0.15) is 23.0 Å². The fourth-order valence-electron chi connectivity index (χ4n) is 1.87. The number of hydrogen-bond acceptors (Lipinski definition) is 4.